The van der Waals surface area contributed by atoms with E-state index in [9.17, 15) is 26.3 Å². The Morgan fingerprint density at radius 3 is 0.218 bits per heavy atom. The molecule has 0 aliphatic heterocycles. The molecule has 0 aliphatic carbocycles. The fourth-order valence-electron chi connectivity index (χ4n) is 9.17. The van der Waals surface area contributed by atoms with Crippen LogP contribution in [0.2, 0.25) is 0 Å². The van der Waals surface area contributed by atoms with Crippen LogP contribution in [0.5, 0.6) is 0 Å². The Labute approximate surface area is 403 Å². The van der Waals surface area contributed by atoms with E-state index in [0.29, 0.717) is 0 Å². The van der Waals surface area contributed by atoms with Gasteiger partial charge in [0.1, 0.15) is 105 Å². The van der Waals surface area contributed by atoms with Gasteiger partial charge >= 0.3 is 0 Å². The van der Waals surface area contributed by atoms with Crippen LogP contribution >= 0.6 is 0 Å². The van der Waals surface area contributed by atoms with E-state index in [2.05, 4.69) is 0 Å². The Hall–Kier alpha value is -7.71. The summed E-state index contributed by atoms with van der Waals surface area (Å²) in [6, 6.07) is 0. The zero-order valence-electron chi connectivity index (χ0n) is 35.0. The Morgan fingerprint density at radius 2 is 0.141 bits per heavy atom. The smallest absolute Gasteiger partial charge is 0.200 e. The fourth-order valence-corrected chi connectivity index (χ4v) is 9.17. The van der Waals surface area contributed by atoms with E-state index in [1.54, 1.807) is 0 Å². The van der Waals surface area contributed by atoms with E-state index in [-0.39, 0.29) is 0 Å². The maximum absolute atomic E-state index is 17.8. The minimum atomic E-state index is -8.31. The molecule has 0 atom stereocenters. The highest BCUT2D eigenvalue weighted by Gasteiger charge is 2.56. The monoisotopic (exact) mass is 1170 g/mol. The molecule has 0 fully saturated rings. The average Bonchev–Trinajstić information content (AvgIpc) is 3.53. The Bertz CT molecular complexity index is 3080. The standard InChI is InChI=1S/C42B2F34/c45-9-1(43(3-13(49)25(61)37(73)26(62)14(3)50,4-15(51)27(63)38(74)28(64)16(4)52)5-17(53)29(65)39(75)30(66)18(5)54)10(46)12(48)2(11(9)47)44(6-19(55)31(67)40(76)32(68)20(6)56,7-21(57)33(69)41(77)34(70)22(7)58)8-23(59)35(71)42(78)36(72)24(8)60/q-2. The van der Waals surface area contributed by atoms with Crippen LogP contribution in [0, 0.1) is 198 Å². The van der Waals surface area contributed by atoms with E-state index in [4.69, 9.17) is 0 Å². The van der Waals surface area contributed by atoms with Crippen LogP contribution in [0.1, 0.15) is 0 Å². The van der Waals surface area contributed by atoms with Gasteiger partial charge < -0.3 is 0 Å². The molecule has 0 amide bonds. The van der Waals surface area contributed by atoms with Crippen LogP contribution in [0.3, 0.4) is 0 Å². The normalized spacial score (nSPS) is 12.2. The highest BCUT2D eigenvalue weighted by Crippen LogP contribution is 2.34. The molecule has 7 aromatic carbocycles. The molecule has 0 nitrogen and oxygen atoms in total. The van der Waals surface area contributed by atoms with Gasteiger partial charge in [-0.15, -0.1) is 43.7 Å². The SMILES string of the molecule is Fc1c(F)c(F)c([B-](c2c(F)c(F)c(F)c(F)c2F)(c2c(F)c(F)c(F)c(F)c2F)c2c(F)c(F)c([B-](c3c(F)c(F)c(F)c(F)c3F)(c3c(F)c(F)c(F)c(F)c3F)c3c(F)c(F)c(F)c(F)c3F)c(F)c2F)c(F)c1F. The van der Waals surface area contributed by atoms with Crippen LogP contribution in [0.15, 0.2) is 0 Å². The first-order chi connectivity index (χ1) is 35.9. The van der Waals surface area contributed by atoms with Crippen molar-refractivity contribution in [2.75, 3.05) is 0 Å². The molecule has 0 saturated carbocycles. The Kier molecular flexibility index (Phi) is 14.2. The molecule has 0 heterocycles. The number of hydrogen-bond donors (Lipinski definition) is 0. The molecule has 0 saturated heterocycles. The van der Waals surface area contributed by atoms with Gasteiger partial charge in [0.2, 0.25) is 0 Å². The van der Waals surface area contributed by atoms with Crippen molar-refractivity contribution >= 4 is 56.0 Å². The summed E-state index contributed by atoms with van der Waals surface area (Å²) < 4.78 is 538. The van der Waals surface area contributed by atoms with Crippen molar-refractivity contribution in [1.29, 1.82) is 0 Å². The van der Waals surface area contributed by atoms with E-state index in [1.165, 1.54) is 0 Å². The highest BCUT2D eigenvalue weighted by molar-refractivity contribution is 7.21. The molecule has 0 bridgehead atoms. The molecule has 36 heteroatoms. The quantitative estimate of drug-likeness (QED) is 0.0617. The van der Waals surface area contributed by atoms with Gasteiger partial charge in [-0.3, -0.25) is 0 Å². The summed E-state index contributed by atoms with van der Waals surface area (Å²) in [5.74, 6) is -142. The molecule has 0 N–H and O–H groups in total. The van der Waals surface area contributed by atoms with Crippen molar-refractivity contribution in [3.63, 3.8) is 0 Å². The molecule has 0 spiro atoms. The number of halogens is 34. The van der Waals surface area contributed by atoms with Crippen molar-refractivity contribution in [2.45, 2.75) is 0 Å². The molecule has 0 radical (unpaired) electrons. The van der Waals surface area contributed by atoms with E-state index in [1.807, 2.05) is 0 Å². The lowest BCUT2D eigenvalue weighted by atomic mass is 9.11. The lowest BCUT2D eigenvalue weighted by Gasteiger charge is -2.47. The highest BCUT2D eigenvalue weighted by atomic mass is 19.2. The van der Waals surface area contributed by atoms with Crippen molar-refractivity contribution in [1.82, 2.24) is 0 Å². The number of rotatable bonds is 8. The number of benzene rings is 7. The molecule has 78 heavy (non-hydrogen) atoms. The first-order valence-corrected chi connectivity index (χ1v) is 19.2. The van der Waals surface area contributed by atoms with Crippen LogP contribution in [0.25, 0.3) is 0 Å². The molecular weight excluding hydrogens is 1170 g/mol. The van der Waals surface area contributed by atoms with Crippen LogP contribution in [0.4, 0.5) is 149 Å². The molecule has 414 valence electrons. The summed E-state index contributed by atoms with van der Waals surface area (Å²) in [4.78, 5) is 0. The van der Waals surface area contributed by atoms with Gasteiger partial charge in [0, 0.05) is 0 Å². The largest absolute Gasteiger partial charge is 0.207 e. The van der Waals surface area contributed by atoms with Gasteiger partial charge in [0.05, 0.1) is 0 Å². The summed E-state index contributed by atoms with van der Waals surface area (Å²) >= 11 is 0. The number of hydrogen-bond acceptors (Lipinski definition) is 0. The molecule has 7 rings (SSSR count). The van der Waals surface area contributed by atoms with Gasteiger partial charge in [-0.25, -0.2) is 149 Å². The summed E-state index contributed by atoms with van der Waals surface area (Å²) in [6.45, 7) is 0. The van der Waals surface area contributed by atoms with Gasteiger partial charge in [0.25, 0.3) is 0 Å². The maximum Gasteiger partial charge on any atom is 0.200 e. The van der Waals surface area contributed by atoms with Crippen LogP contribution in [-0.2, 0) is 0 Å². The Morgan fingerprint density at radius 1 is 0.0897 bits per heavy atom. The van der Waals surface area contributed by atoms with E-state index in [0.717, 1.165) is 0 Å². The third-order valence-corrected chi connectivity index (χ3v) is 12.3. The molecule has 0 unspecified atom stereocenters. The second-order valence-corrected chi connectivity index (χ2v) is 15.7. The predicted molar refractivity (Wildman–Crippen MR) is 192 cm³/mol. The maximum atomic E-state index is 17.8. The lowest BCUT2D eigenvalue weighted by Crippen LogP contribution is -2.83. The third-order valence-electron chi connectivity index (χ3n) is 12.3. The van der Waals surface area contributed by atoms with E-state index >= 15 is 123 Å². The summed E-state index contributed by atoms with van der Waals surface area (Å²) in [7, 11) is 0. The van der Waals surface area contributed by atoms with E-state index < -0.39 is 254 Å². The summed E-state index contributed by atoms with van der Waals surface area (Å²) in [5, 5.41) is 0. The average molecular weight is 1170 g/mol. The predicted octanol–water partition coefficient (Wildman–Crippen LogP) is 9.17. The molecule has 0 aromatic heterocycles. The van der Waals surface area contributed by atoms with Crippen molar-refractivity contribution in [3.05, 3.63) is 198 Å². The summed E-state index contributed by atoms with van der Waals surface area (Å²) in [6.07, 6.45) is -16.6. The topological polar surface area (TPSA) is 0 Å². The third kappa shape index (κ3) is 7.13. The van der Waals surface area contributed by atoms with Crippen LogP contribution < -0.4 is 43.7 Å². The Balaban J connectivity index is 2.04. The summed E-state index contributed by atoms with van der Waals surface area (Å²) in [5.41, 5.74) is -34.7. The van der Waals surface area contributed by atoms with Gasteiger partial charge in [-0.05, 0) is 0 Å². The zero-order valence-corrected chi connectivity index (χ0v) is 35.0. The van der Waals surface area contributed by atoms with Crippen molar-refractivity contribution in [2.24, 2.45) is 0 Å². The van der Waals surface area contributed by atoms with Gasteiger partial charge in [0.15, 0.2) is 105 Å². The zero-order chi connectivity index (χ0) is 59.2. The first-order valence-electron chi connectivity index (χ1n) is 19.2. The molecule has 7 aromatic rings. The molecule has 0 aliphatic rings. The van der Waals surface area contributed by atoms with Gasteiger partial charge in [-0.2, -0.15) is 0 Å². The molecular formula is C42B2F34-2. The fraction of sp³-hybridized carbons (Fsp3) is 0. The van der Waals surface area contributed by atoms with Crippen LogP contribution in [-0.4, -0.2) is 12.3 Å². The lowest BCUT2D eigenvalue weighted by molar-refractivity contribution is 0.379. The van der Waals surface area contributed by atoms with Crippen molar-refractivity contribution in [3.8, 4) is 0 Å². The van der Waals surface area contributed by atoms with Crippen molar-refractivity contribution < 1.29 is 149 Å². The first kappa shape index (κ1) is 58.0. The van der Waals surface area contributed by atoms with Gasteiger partial charge in [-0.1, -0.05) is 0 Å². The second-order valence-electron chi connectivity index (χ2n) is 15.7. The minimum absolute atomic E-state index is 3.78. The minimum Gasteiger partial charge on any atom is -0.207 e. The second kappa shape index (κ2) is 19.0.